The fourth-order valence-corrected chi connectivity index (χ4v) is 5.63. The predicted molar refractivity (Wildman–Crippen MR) is 79.2 cm³/mol. The average Bonchev–Trinajstić information content (AvgIpc) is 2.73. The summed E-state index contributed by atoms with van der Waals surface area (Å²) in [5.41, 5.74) is 0.917. The number of Topliss-reactive ketones (excluding diaryl/α,β-unsaturated/α-hetero) is 1. The molecule has 0 aromatic carbocycles. The number of allylic oxidation sites excluding steroid dienone is 1. The van der Waals surface area contributed by atoms with Gasteiger partial charge in [-0.2, -0.15) is 0 Å². The Kier molecular flexibility index (Phi) is 4.10. The standard InChI is InChI=1S/C15H22O5Si/c1-8(16)19-12-7-10-6-11(18)15(21(3,4)5)13(10)14(12)20-9(2)17/h10,12,14H,6-7H2,1-5H3/t10-,12+,14-/m1/s1. The molecule has 21 heavy (non-hydrogen) atoms. The van der Waals surface area contributed by atoms with Crippen molar-refractivity contribution >= 4 is 25.8 Å². The molecule has 0 heterocycles. The largest absolute Gasteiger partial charge is 0.458 e. The van der Waals surface area contributed by atoms with Gasteiger partial charge in [0.25, 0.3) is 0 Å². The first-order valence-electron chi connectivity index (χ1n) is 7.23. The molecule has 0 N–H and O–H groups in total. The monoisotopic (exact) mass is 310 g/mol. The van der Waals surface area contributed by atoms with Gasteiger partial charge >= 0.3 is 11.9 Å². The number of hydrogen-bond donors (Lipinski definition) is 0. The second-order valence-corrected chi connectivity index (χ2v) is 11.8. The Bertz CT molecular complexity index is 529. The summed E-state index contributed by atoms with van der Waals surface area (Å²) in [5.74, 6) is -0.585. The van der Waals surface area contributed by atoms with Crippen LogP contribution in [0.1, 0.15) is 26.7 Å². The zero-order chi connectivity index (χ0) is 15.9. The van der Waals surface area contributed by atoms with Gasteiger partial charge in [0, 0.05) is 20.3 Å². The summed E-state index contributed by atoms with van der Waals surface area (Å²) < 4.78 is 10.7. The van der Waals surface area contributed by atoms with E-state index in [9.17, 15) is 14.4 Å². The minimum atomic E-state index is -1.84. The van der Waals surface area contributed by atoms with E-state index in [4.69, 9.17) is 9.47 Å². The quantitative estimate of drug-likeness (QED) is 0.589. The minimum Gasteiger partial charge on any atom is -0.458 e. The number of ketones is 1. The maximum absolute atomic E-state index is 12.3. The maximum Gasteiger partial charge on any atom is 0.303 e. The van der Waals surface area contributed by atoms with Gasteiger partial charge < -0.3 is 9.47 Å². The molecule has 6 heteroatoms. The Labute approximate surface area is 125 Å². The molecule has 1 fully saturated rings. The van der Waals surface area contributed by atoms with Crippen molar-refractivity contribution < 1.29 is 23.9 Å². The molecule has 3 atom stereocenters. The molecule has 0 unspecified atom stereocenters. The van der Waals surface area contributed by atoms with E-state index >= 15 is 0 Å². The summed E-state index contributed by atoms with van der Waals surface area (Å²) in [7, 11) is -1.84. The van der Waals surface area contributed by atoms with E-state index in [2.05, 4.69) is 19.6 Å². The van der Waals surface area contributed by atoms with E-state index in [1.54, 1.807) is 0 Å². The molecule has 0 radical (unpaired) electrons. The molecule has 2 aliphatic carbocycles. The lowest BCUT2D eigenvalue weighted by Gasteiger charge is -2.25. The lowest BCUT2D eigenvalue weighted by Crippen LogP contribution is -2.35. The third-order valence-electron chi connectivity index (χ3n) is 3.96. The smallest absolute Gasteiger partial charge is 0.303 e. The highest BCUT2D eigenvalue weighted by atomic mass is 28.3. The molecule has 116 valence electrons. The van der Waals surface area contributed by atoms with Crippen molar-refractivity contribution in [2.45, 2.75) is 58.5 Å². The Morgan fingerprint density at radius 2 is 1.67 bits per heavy atom. The van der Waals surface area contributed by atoms with Crippen LogP contribution in [0, 0.1) is 5.92 Å². The van der Waals surface area contributed by atoms with Gasteiger partial charge in [-0.3, -0.25) is 14.4 Å². The van der Waals surface area contributed by atoms with Crippen LogP contribution in [0.15, 0.2) is 10.8 Å². The molecule has 0 bridgehead atoms. The first-order valence-corrected chi connectivity index (χ1v) is 10.7. The van der Waals surface area contributed by atoms with Crippen LogP contribution in [-0.4, -0.2) is 38.0 Å². The van der Waals surface area contributed by atoms with Gasteiger partial charge in [0.05, 0.1) is 8.07 Å². The Balaban J connectivity index is 2.45. The van der Waals surface area contributed by atoms with E-state index < -0.39 is 32.2 Å². The molecule has 0 aromatic rings. The molecule has 1 saturated carbocycles. The van der Waals surface area contributed by atoms with Crippen molar-refractivity contribution in [2.24, 2.45) is 5.92 Å². The van der Waals surface area contributed by atoms with Gasteiger partial charge in [0.15, 0.2) is 11.9 Å². The summed E-state index contributed by atoms with van der Waals surface area (Å²) in [6.45, 7) is 9.01. The van der Waals surface area contributed by atoms with Crippen molar-refractivity contribution in [2.75, 3.05) is 0 Å². The SMILES string of the molecule is CC(=O)O[C@H]1C[C@H]2CC(=O)C([Si](C)(C)C)=C2[C@@H]1OC(C)=O. The third-order valence-corrected chi connectivity index (χ3v) is 6.03. The van der Waals surface area contributed by atoms with Crippen LogP contribution in [0.5, 0.6) is 0 Å². The van der Waals surface area contributed by atoms with Crippen molar-refractivity contribution in [1.82, 2.24) is 0 Å². The van der Waals surface area contributed by atoms with Gasteiger partial charge in [-0.25, -0.2) is 0 Å². The summed E-state index contributed by atoms with van der Waals surface area (Å²) in [6, 6.07) is 0. The van der Waals surface area contributed by atoms with E-state index in [1.165, 1.54) is 13.8 Å². The normalized spacial score (nSPS) is 28.6. The number of rotatable bonds is 3. The second kappa shape index (κ2) is 5.40. The average molecular weight is 310 g/mol. The molecule has 2 aliphatic rings. The van der Waals surface area contributed by atoms with Crippen LogP contribution in [0.25, 0.3) is 0 Å². The predicted octanol–water partition coefficient (Wildman–Crippen LogP) is 2.02. The van der Waals surface area contributed by atoms with Gasteiger partial charge in [0.1, 0.15) is 6.10 Å². The molecular weight excluding hydrogens is 288 g/mol. The summed E-state index contributed by atoms with van der Waals surface area (Å²) in [5, 5.41) is 0.869. The van der Waals surface area contributed by atoms with Gasteiger partial charge in [-0.1, -0.05) is 19.6 Å². The first kappa shape index (κ1) is 15.9. The number of carbonyl (C=O) groups is 3. The van der Waals surface area contributed by atoms with Crippen molar-refractivity contribution in [3.63, 3.8) is 0 Å². The Morgan fingerprint density at radius 3 is 2.14 bits per heavy atom. The Hall–Kier alpha value is -1.43. The highest BCUT2D eigenvalue weighted by Gasteiger charge is 2.51. The van der Waals surface area contributed by atoms with Crippen molar-refractivity contribution in [3.05, 3.63) is 10.8 Å². The van der Waals surface area contributed by atoms with Gasteiger partial charge in [-0.05, 0) is 23.1 Å². The molecule has 0 saturated heterocycles. The van der Waals surface area contributed by atoms with Gasteiger partial charge in [0.2, 0.25) is 0 Å². The number of fused-ring (bicyclic) bond motifs is 1. The maximum atomic E-state index is 12.3. The topological polar surface area (TPSA) is 69.7 Å². The van der Waals surface area contributed by atoms with Crippen LogP contribution in [0.2, 0.25) is 19.6 Å². The molecule has 0 spiro atoms. The first-order chi connectivity index (χ1) is 9.61. The molecular formula is C15H22O5Si. The minimum absolute atomic E-state index is 0.0490. The van der Waals surface area contributed by atoms with E-state index in [1.807, 2.05) is 0 Å². The molecule has 5 nitrogen and oxygen atoms in total. The van der Waals surface area contributed by atoms with Crippen LogP contribution in [-0.2, 0) is 23.9 Å². The number of esters is 2. The van der Waals surface area contributed by atoms with Crippen LogP contribution in [0.3, 0.4) is 0 Å². The second-order valence-electron chi connectivity index (χ2n) is 6.82. The number of ether oxygens (including phenoxy) is 2. The Morgan fingerprint density at radius 1 is 1.10 bits per heavy atom. The summed E-state index contributed by atoms with van der Waals surface area (Å²) in [4.78, 5) is 35.0. The van der Waals surface area contributed by atoms with Crippen LogP contribution < -0.4 is 0 Å². The highest BCUT2D eigenvalue weighted by Crippen LogP contribution is 2.47. The fourth-order valence-electron chi connectivity index (χ4n) is 3.48. The van der Waals surface area contributed by atoms with E-state index in [0.717, 1.165) is 10.8 Å². The van der Waals surface area contributed by atoms with Crippen molar-refractivity contribution in [1.29, 1.82) is 0 Å². The van der Waals surface area contributed by atoms with Crippen molar-refractivity contribution in [3.8, 4) is 0 Å². The molecule has 0 aromatic heterocycles. The summed E-state index contributed by atoms with van der Waals surface area (Å²) in [6.07, 6.45) is -0.0488. The zero-order valence-electron chi connectivity index (χ0n) is 13.2. The number of carbonyl (C=O) groups excluding carboxylic acids is 3. The number of hydrogen-bond acceptors (Lipinski definition) is 5. The lowest BCUT2D eigenvalue weighted by atomic mass is 10.1. The van der Waals surface area contributed by atoms with Crippen LogP contribution in [0.4, 0.5) is 0 Å². The van der Waals surface area contributed by atoms with E-state index in [0.29, 0.717) is 12.8 Å². The highest BCUT2D eigenvalue weighted by molar-refractivity contribution is 6.87. The molecule has 0 amide bonds. The van der Waals surface area contributed by atoms with E-state index in [-0.39, 0.29) is 11.7 Å². The lowest BCUT2D eigenvalue weighted by molar-refractivity contribution is -0.160. The molecule has 2 rings (SSSR count). The fraction of sp³-hybridized carbons (Fsp3) is 0.667. The zero-order valence-corrected chi connectivity index (χ0v) is 14.2. The molecule has 0 aliphatic heterocycles. The third kappa shape index (κ3) is 3.10. The van der Waals surface area contributed by atoms with Crippen LogP contribution >= 0.6 is 0 Å². The summed E-state index contributed by atoms with van der Waals surface area (Å²) >= 11 is 0. The van der Waals surface area contributed by atoms with Gasteiger partial charge in [-0.15, -0.1) is 0 Å².